The highest BCUT2D eigenvalue weighted by atomic mass is 16.3. The molecule has 0 radical (unpaired) electrons. The topological polar surface area (TPSA) is 78.6 Å². The molecule has 18 heavy (non-hydrogen) atoms. The van der Waals surface area contributed by atoms with E-state index in [1.165, 1.54) is 0 Å². The molecule has 98 valence electrons. The summed E-state index contributed by atoms with van der Waals surface area (Å²) in [6, 6.07) is 7.00. The maximum atomic E-state index is 12.0. The molecule has 0 aromatic heterocycles. The van der Waals surface area contributed by atoms with E-state index in [-0.39, 0.29) is 12.6 Å². The summed E-state index contributed by atoms with van der Waals surface area (Å²) in [6.07, 6.45) is 1.73. The van der Waals surface area contributed by atoms with Gasteiger partial charge in [0, 0.05) is 31.1 Å². The van der Waals surface area contributed by atoms with Crippen molar-refractivity contribution in [1.82, 2.24) is 4.90 Å². The van der Waals surface area contributed by atoms with E-state index in [9.17, 15) is 4.79 Å². The lowest BCUT2D eigenvalue weighted by Gasteiger charge is -2.31. The number of nitrogens with two attached hydrogens (primary N) is 1. The van der Waals surface area contributed by atoms with Crippen molar-refractivity contribution < 1.29 is 9.90 Å². The quantitative estimate of drug-likeness (QED) is 0.695. The molecule has 0 spiro atoms. The van der Waals surface area contributed by atoms with Crippen LogP contribution < -0.4 is 11.1 Å². The Hall–Kier alpha value is -1.75. The molecular formula is C13H19N3O2. The van der Waals surface area contributed by atoms with E-state index in [1.54, 1.807) is 29.2 Å². The number of benzene rings is 1. The fraction of sp³-hybridized carbons (Fsp3) is 0.462. The number of hydrogen-bond donors (Lipinski definition) is 3. The molecule has 0 saturated carbocycles. The molecule has 0 unspecified atom stereocenters. The summed E-state index contributed by atoms with van der Waals surface area (Å²) in [5.74, 6) is 0.338. The molecule has 1 saturated heterocycles. The van der Waals surface area contributed by atoms with Crippen molar-refractivity contribution in [3.63, 3.8) is 0 Å². The van der Waals surface area contributed by atoms with Gasteiger partial charge in [-0.1, -0.05) is 0 Å². The first-order chi connectivity index (χ1) is 8.69. The molecule has 2 amide bonds. The summed E-state index contributed by atoms with van der Waals surface area (Å²) in [5, 5.41) is 11.9. The van der Waals surface area contributed by atoms with Crippen LogP contribution in [0.2, 0.25) is 0 Å². The summed E-state index contributed by atoms with van der Waals surface area (Å²) in [4.78, 5) is 13.7. The lowest BCUT2D eigenvalue weighted by Crippen LogP contribution is -2.41. The van der Waals surface area contributed by atoms with Gasteiger partial charge in [0.15, 0.2) is 0 Å². The number of piperidine rings is 1. The van der Waals surface area contributed by atoms with E-state index in [4.69, 9.17) is 10.8 Å². The van der Waals surface area contributed by atoms with Crippen LogP contribution in [-0.4, -0.2) is 35.7 Å². The Bertz CT molecular complexity index is 397. The van der Waals surface area contributed by atoms with Crippen LogP contribution >= 0.6 is 0 Å². The first-order valence-corrected chi connectivity index (χ1v) is 6.21. The maximum Gasteiger partial charge on any atom is 0.321 e. The summed E-state index contributed by atoms with van der Waals surface area (Å²) in [6.45, 7) is 1.62. The molecule has 0 bridgehead atoms. The molecule has 2 rings (SSSR count). The molecule has 1 aliphatic heterocycles. The average molecular weight is 249 g/mol. The number of carbonyl (C=O) groups is 1. The summed E-state index contributed by atoms with van der Waals surface area (Å²) in [7, 11) is 0. The fourth-order valence-corrected chi connectivity index (χ4v) is 2.09. The second-order valence-corrected chi connectivity index (χ2v) is 4.67. The Morgan fingerprint density at radius 2 is 1.94 bits per heavy atom. The summed E-state index contributed by atoms with van der Waals surface area (Å²) in [5.41, 5.74) is 7.01. The van der Waals surface area contributed by atoms with Gasteiger partial charge < -0.3 is 21.1 Å². The third-order valence-corrected chi connectivity index (χ3v) is 3.32. The standard InChI is InChI=1S/C13H19N3O2/c14-11-1-3-12(4-2-11)15-13(18)16-7-5-10(9-17)6-8-16/h1-4,10,17H,5-9,14H2,(H,15,18). The Morgan fingerprint density at radius 1 is 1.33 bits per heavy atom. The van der Waals surface area contributed by atoms with Crippen LogP contribution in [0.3, 0.4) is 0 Å². The Kier molecular flexibility index (Phi) is 4.04. The predicted molar refractivity (Wildman–Crippen MR) is 71.3 cm³/mol. The van der Waals surface area contributed by atoms with Crippen molar-refractivity contribution in [2.75, 3.05) is 30.7 Å². The van der Waals surface area contributed by atoms with E-state index in [1.807, 2.05) is 0 Å². The van der Waals surface area contributed by atoms with Crippen molar-refractivity contribution in [3.8, 4) is 0 Å². The highest BCUT2D eigenvalue weighted by Crippen LogP contribution is 2.18. The molecule has 0 aliphatic carbocycles. The van der Waals surface area contributed by atoms with Crippen LogP contribution in [0.25, 0.3) is 0 Å². The van der Waals surface area contributed by atoms with Crippen molar-refractivity contribution >= 4 is 17.4 Å². The predicted octanol–water partition coefficient (Wildman–Crippen LogP) is 1.50. The molecule has 5 heteroatoms. The van der Waals surface area contributed by atoms with Gasteiger partial charge in [-0.05, 0) is 43.0 Å². The normalized spacial score (nSPS) is 16.6. The Morgan fingerprint density at radius 3 is 2.50 bits per heavy atom. The first kappa shape index (κ1) is 12.7. The van der Waals surface area contributed by atoms with E-state index >= 15 is 0 Å². The van der Waals surface area contributed by atoms with Gasteiger partial charge in [-0.2, -0.15) is 0 Å². The maximum absolute atomic E-state index is 12.0. The number of rotatable bonds is 2. The summed E-state index contributed by atoms with van der Waals surface area (Å²) < 4.78 is 0. The van der Waals surface area contributed by atoms with Gasteiger partial charge in [0.2, 0.25) is 0 Å². The van der Waals surface area contributed by atoms with Crippen LogP contribution in [0, 0.1) is 5.92 Å². The highest BCUT2D eigenvalue weighted by Gasteiger charge is 2.22. The number of nitrogens with zero attached hydrogens (tertiary/aromatic N) is 1. The highest BCUT2D eigenvalue weighted by molar-refractivity contribution is 5.89. The van der Waals surface area contributed by atoms with Gasteiger partial charge in [0.05, 0.1) is 0 Å². The third kappa shape index (κ3) is 3.13. The molecule has 5 nitrogen and oxygen atoms in total. The van der Waals surface area contributed by atoms with Gasteiger partial charge in [0.1, 0.15) is 0 Å². The number of nitrogens with one attached hydrogen (secondary N) is 1. The Labute approximate surface area is 107 Å². The lowest BCUT2D eigenvalue weighted by atomic mass is 9.98. The van der Waals surface area contributed by atoms with Gasteiger partial charge in [-0.15, -0.1) is 0 Å². The third-order valence-electron chi connectivity index (χ3n) is 3.32. The fourth-order valence-electron chi connectivity index (χ4n) is 2.09. The Balaban J connectivity index is 1.87. The molecule has 1 heterocycles. The minimum Gasteiger partial charge on any atom is -0.399 e. The largest absolute Gasteiger partial charge is 0.399 e. The van der Waals surface area contributed by atoms with Crippen molar-refractivity contribution in [3.05, 3.63) is 24.3 Å². The van der Waals surface area contributed by atoms with Crippen LogP contribution in [0.15, 0.2) is 24.3 Å². The number of anilines is 2. The van der Waals surface area contributed by atoms with Crippen molar-refractivity contribution in [1.29, 1.82) is 0 Å². The SMILES string of the molecule is Nc1ccc(NC(=O)N2CCC(CO)CC2)cc1. The minimum absolute atomic E-state index is 0.0869. The number of aliphatic hydroxyl groups excluding tert-OH is 1. The smallest absolute Gasteiger partial charge is 0.321 e. The number of urea groups is 1. The van der Waals surface area contributed by atoms with Crippen LogP contribution in [0.4, 0.5) is 16.2 Å². The molecule has 1 aromatic carbocycles. The van der Waals surface area contributed by atoms with E-state index < -0.39 is 0 Å². The molecule has 4 N–H and O–H groups in total. The van der Waals surface area contributed by atoms with Gasteiger partial charge in [-0.3, -0.25) is 0 Å². The second-order valence-electron chi connectivity index (χ2n) is 4.67. The van der Waals surface area contributed by atoms with Gasteiger partial charge >= 0.3 is 6.03 Å². The van der Waals surface area contributed by atoms with E-state index in [0.29, 0.717) is 24.7 Å². The number of likely N-dealkylation sites (tertiary alicyclic amines) is 1. The van der Waals surface area contributed by atoms with Crippen LogP contribution in [-0.2, 0) is 0 Å². The molecule has 0 atom stereocenters. The van der Waals surface area contributed by atoms with E-state index in [0.717, 1.165) is 18.5 Å². The number of carbonyl (C=O) groups excluding carboxylic acids is 1. The zero-order valence-corrected chi connectivity index (χ0v) is 10.3. The number of amides is 2. The second kappa shape index (κ2) is 5.73. The van der Waals surface area contributed by atoms with E-state index in [2.05, 4.69) is 5.32 Å². The van der Waals surface area contributed by atoms with Gasteiger partial charge in [0.25, 0.3) is 0 Å². The van der Waals surface area contributed by atoms with Crippen molar-refractivity contribution in [2.45, 2.75) is 12.8 Å². The van der Waals surface area contributed by atoms with Crippen molar-refractivity contribution in [2.24, 2.45) is 5.92 Å². The molecule has 1 aliphatic rings. The zero-order valence-electron chi connectivity index (χ0n) is 10.3. The monoisotopic (exact) mass is 249 g/mol. The average Bonchev–Trinajstić information content (AvgIpc) is 2.41. The zero-order chi connectivity index (χ0) is 13.0. The molecular weight excluding hydrogens is 230 g/mol. The van der Waals surface area contributed by atoms with Crippen LogP contribution in [0.5, 0.6) is 0 Å². The summed E-state index contributed by atoms with van der Waals surface area (Å²) >= 11 is 0. The van der Waals surface area contributed by atoms with Crippen LogP contribution in [0.1, 0.15) is 12.8 Å². The van der Waals surface area contributed by atoms with Gasteiger partial charge in [-0.25, -0.2) is 4.79 Å². The number of aliphatic hydroxyl groups is 1. The minimum atomic E-state index is -0.0869. The molecule has 1 aromatic rings. The number of hydrogen-bond acceptors (Lipinski definition) is 3. The first-order valence-electron chi connectivity index (χ1n) is 6.21. The molecule has 1 fully saturated rings. The lowest BCUT2D eigenvalue weighted by molar-refractivity contribution is 0.143. The number of nitrogen functional groups attached to an aromatic ring is 1.